The Labute approximate surface area is 128 Å². The third kappa shape index (κ3) is 4.26. The molecule has 2 rings (SSSR count). The van der Waals surface area contributed by atoms with Crippen molar-refractivity contribution in [2.24, 2.45) is 0 Å². The quantitative estimate of drug-likeness (QED) is 0.860. The van der Waals surface area contributed by atoms with Crippen molar-refractivity contribution in [3.05, 3.63) is 28.7 Å². The molecule has 0 aromatic heterocycles. The van der Waals surface area contributed by atoms with E-state index in [2.05, 4.69) is 25.6 Å². The van der Waals surface area contributed by atoms with E-state index in [4.69, 9.17) is 4.74 Å². The van der Waals surface area contributed by atoms with E-state index >= 15 is 0 Å². The van der Waals surface area contributed by atoms with Crippen LogP contribution in [0.15, 0.2) is 33.6 Å². The monoisotopic (exact) mass is 362 g/mol. The number of morpholine rings is 1. The molecule has 1 N–H and O–H groups in total. The van der Waals surface area contributed by atoms with E-state index in [1.54, 1.807) is 24.3 Å². The number of nitrogens with one attached hydrogen (secondary N) is 1. The van der Waals surface area contributed by atoms with Crippen molar-refractivity contribution in [1.82, 2.24) is 9.62 Å². The van der Waals surface area contributed by atoms with E-state index in [-0.39, 0.29) is 10.9 Å². The van der Waals surface area contributed by atoms with Crippen LogP contribution in [0.4, 0.5) is 0 Å². The maximum Gasteiger partial charge on any atom is 0.240 e. The number of hydrogen-bond acceptors (Lipinski definition) is 4. The Morgan fingerprint density at radius 3 is 2.50 bits per heavy atom. The van der Waals surface area contributed by atoms with Crippen LogP contribution in [0.2, 0.25) is 0 Å². The van der Waals surface area contributed by atoms with Gasteiger partial charge in [0.2, 0.25) is 10.0 Å². The van der Waals surface area contributed by atoms with Gasteiger partial charge in [0.05, 0.1) is 18.1 Å². The van der Waals surface area contributed by atoms with E-state index in [1.807, 2.05) is 6.92 Å². The van der Waals surface area contributed by atoms with Gasteiger partial charge in [-0.25, -0.2) is 13.1 Å². The fourth-order valence-electron chi connectivity index (χ4n) is 2.07. The highest BCUT2D eigenvalue weighted by atomic mass is 79.9. The summed E-state index contributed by atoms with van der Waals surface area (Å²) in [7, 11) is -3.44. The summed E-state index contributed by atoms with van der Waals surface area (Å²) in [6.07, 6.45) is 0. The summed E-state index contributed by atoms with van der Waals surface area (Å²) in [4.78, 5) is 2.52. The first-order valence-electron chi connectivity index (χ1n) is 6.56. The summed E-state index contributed by atoms with van der Waals surface area (Å²) >= 11 is 3.29. The normalized spacial score (nSPS) is 18.9. The number of nitrogens with zero attached hydrogens (tertiary/aromatic N) is 1. The summed E-state index contributed by atoms with van der Waals surface area (Å²) in [5.41, 5.74) is 0. The molecule has 1 fully saturated rings. The highest BCUT2D eigenvalue weighted by Gasteiger charge is 2.20. The third-order valence-electron chi connectivity index (χ3n) is 3.36. The second-order valence-electron chi connectivity index (χ2n) is 4.80. The zero-order valence-electron chi connectivity index (χ0n) is 11.4. The number of rotatable bonds is 5. The van der Waals surface area contributed by atoms with Crippen LogP contribution in [-0.2, 0) is 14.8 Å². The van der Waals surface area contributed by atoms with Gasteiger partial charge in [-0.1, -0.05) is 15.9 Å². The van der Waals surface area contributed by atoms with Crippen molar-refractivity contribution in [2.75, 3.05) is 32.8 Å². The van der Waals surface area contributed by atoms with Crippen molar-refractivity contribution >= 4 is 26.0 Å². The molecule has 7 heteroatoms. The molecule has 1 heterocycles. The Morgan fingerprint density at radius 1 is 1.30 bits per heavy atom. The van der Waals surface area contributed by atoms with Crippen LogP contribution in [0.1, 0.15) is 6.92 Å². The summed E-state index contributed by atoms with van der Waals surface area (Å²) < 4.78 is 33.1. The Balaban J connectivity index is 1.93. The van der Waals surface area contributed by atoms with Crippen LogP contribution in [0.3, 0.4) is 0 Å². The number of ether oxygens (including phenoxy) is 1. The molecular weight excluding hydrogens is 344 g/mol. The van der Waals surface area contributed by atoms with Crippen molar-refractivity contribution in [3.63, 3.8) is 0 Å². The minimum Gasteiger partial charge on any atom is -0.379 e. The maximum atomic E-state index is 12.2. The first-order valence-corrected chi connectivity index (χ1v) is 8.84. The molecule has 1 aromatic carbocycles. The molecule has 1 aliphatic rings. The average molecular weight is 363 g/mol. The summed E-state index contributed by atoms with van der Waals surface area (Å²) in [5.74, 6) is 0. The molecule has 5 nitrogen and oxygen atoms in total. The SMILES string of the molecule is CC(CNS(=O)(=O)c1ccc(Br)cc1)N1CCOCC1. The molecule has 0 spiro atoms. The maximum absolute atomic E-state index is 12.2. The smallest absolute Gasteiger partial charge is 0.240 e. The van der Waals surface area contributed by atoms with Gasteiger partial charge in [-0.3, -0.25) is 4.90 Å². The van der Waals surface area contributed by atoms with Crippen molar-refractivity contribution in [1.29, 1.82) is 0 Å². The van der Waals surface area contributed by atoms with Crippen molar-refractivity contribution in [2.45, 2.75) is 17.9 Å². The van der Waals surface area contributed by atoms with Crippen molar-refractivity contribution in [3.8, 4) is 0 Å². The molecule has 1 saturated heterocycles. The predicted octanol–water partition coefficient (Wildman–Crippen LogP) is 1.45. The van der Waals surface area contributed by atoms with E-state index < -0.39 is 10.0 Å². The van der Waals surface area contributed by atoms with Gasteiger partial charge in [0.25, 0.3) is 0 Å². The highest BCUT2D eigenvalue weighted by molar-refractivity contribution is 9.10. The zero-order valence-corrected chi connectivity index (χ0v) is 13.8. The van der Waals surface area contributed by atoms with E-state index in [9.17, 15) is 8.42 Å². The zero-order chi connectivity index (χ0) is 14.6. The number of sulfonamides is 1. The fourth-order valence-corrected chi connectivity index (χ4v) is 3.46. The van der Waals surface area contributed by atoms with Crippen LogP contribution in [0, 0.1) is 0 Å². The van der Waals surface area contributed by atoms with Crippen LogP contribution < -0.4 is 4.72 Å². The molecule has 1 aliphatic heterocycles. The largest absolute Gasteiger partial charge is 0.379 e. The highest BCUT2D eigenvalue weighted by Crippen LogP contribution is 2.14. The van der Waals surface area contributed by atoms with Gasteiger partial charge in [0, 0.05) is 30.1 Å². The Morgan fingerprint density at radius 2 is 1.90 bits per heavy atom. The summed E-state index contributed by atoms with van der Waals surface area (Å²) in [6.45, 7) is 5.55. The van der Waals surface area contributed by atoms with Gasteiger partial charge in [0.1, 0.15) is 0 Å². The summed E-state index contributed by atoms with van der Waals surface area (Å²) in [6, 6.07) is 6.78. The van der Waals surface area contributed by atoms with E-state index in [0.717, 1.165) is 17.6 Å². The van der Waals surface area contributed by atoms with E-state index in [1.165, 1.54) is 0 Å². The first-order chi connectivity index (χ1) is 9.49. The third-order valence-corrected chi connectivity index (χ3v) is 5.33. The Kier molecular flexibility index (Phi) is 5.57. The molecule has 0 radical (unpaired) electrons. The van der Waals surface area contributed by atoms with Crippen LogP contribution in [-0.4, -0.2) is 52.2 Å². The second kappa shape index (κ2) is 7.00. The molecule has 1 unspecified atom stereocenters. The van der Waals surface area contributed by atoms with Gasteiger partial charge in [-0.05, 0) is 31.2 Å². The van der Waals surface area contributed by atoms with Gasteiger partial charge in [0.15, 0.2) is 0 Å². The lowest BCUT2D eigenvalue weighted by Gasteiger charge is -2.32. The number of halogens is 1. The number of hydrogen-bond donors (Lipinski definition) is 1. The van der Waals surface area contributed by atoms with Crippen molar-refractivity contribution < 1.29 is 13.2 Å². The average Bonchev–Trinajstić information content (AvgIpc) is 2.46. The molecule has 112 valence electrons. The number of benzene rings is 1. The Bertz CT molecular complexity index is 527. The minimum absolute atomic E-state index is 0.157. The molecule has 0 saturated carbocycles. The second-order valence-corrected chi connectivity index (χ2v) is 7.49. The lowest BCUT2D eigenvalue weighted by Crippen LogP contribution is -2.47. The van der Waals surface area contributed by atoms with Gasteiger partial charge in [-0.15, -0.1) is 0 Å². The first kappa shape index (κ1) is 15.9. The molecule has 1 atom stereocenters. The van der Waals surface area contributed by atoms with Gasteiger partial charge < -0.3 is 4.74 Å². The molecule has 1 aromatic rings. The van der Waals surface area contributed by atoms with Crippen LogP contribution in [0.25, 0.3) is 0 Å². The summed E-state index contributed by atoms with van der Waals surface area (Å²) in [5, 5.41) is 0. The van der Waals surface area contributed by atoms with Gasteiger partial charge in [-0.2, -0.15) is 0 Å². The lowest BCUT2D eigenvalue weighted by molar-refractivity contribution is 0.0213. The molecular formula is C13H19BrN2O3S. The molecule has 20 heavy (non-hydrogen) atoms. The minimum atomic E-state index is -3.44. The standard InChI is InChI=1S/C13H19BrN2O3S/c1-11(16-6-8-19-9-7-16)10-15-20(17,18)13-4-2-12(14)3-5-13/h2-5,11,15H,6-10H2,1H3. The predicted molar refractivity (Wildman–Crippen MR) is 81.2 cm³/mol. The van der Waals surface area contributed by atoms with Gasteiger partial charge >= 0.3 is 0 Å². The topological polar surface area (TPSA) is 58.6 Å². The van der Waals surface area contributed by atoms with Crippen LogP contribution in [0.5, 0.6) is 0 Å². The fraction of sp³-hybridized carbons (Fsp3) is 0.538. The Hall–Kier alpha value is -0.470. The molecule has 0 bridgehead atoms. The van der Waals surface area contributed by atoms with Crippen LogP contribution >= 0.6 is 15.9 Å². The lowest BCUT2D eigenvalue weighted by atomic mass is 10.2. The molecule has 0 aliphatic carbocycles. The van der Waals surface area contributed by atoms with E-state index in [0.29, 0.717) is 19.8 Å². The molecule has 0 amide bonds.